The van der Waals surface area contributed by atoms with E-state index in [9.17, 15) is 14.7 Å². The van der Waals surface area contributed by atoms with Gasteiger partial charge in [-0.2, -0.15) is 0 Å². The fraction of sp³-hybridized carbons (Fsp3) is 0.318. The Morgan fingerprint density at radius 2 is 1.93 bits per heavy atom. The Morgan fingerprint density at radius 3 is 2.63 bits per heavy atom. The zero-order chi connectivity index (χ0) is 21.3. The monoisotopic (exact) mass is 428 g/mol. The summed E-state index contributed by atoms with van der Waals surface area (Å²) in [5, 5.41) is 13.2. The smallest absolute Gasteiger partial charge is 0.326 e. The maximum atomic E-state index is 11.7. The van der Waals surface area contributed by atoms with E-state index in [1.165, 1.54) is 11.3 Å². The molecule has 3 aromatic rings. The quantitative estimate of drug-likeness (QED) is 0.350. The van der Waals surface area contributed by atoms with E-state index in [0.29, 0.717) is 43.4 Å². The first-order valence-corrected chi connectivity index (χ1v) is 10.6. The minimum Gasteiger partial charge on any atom is -0.494 e. The van der Waals surface area contributed by atoms with Crippen molar-refractivity contribution >= 4 is 38.6 Å². The zero-order valence-corrected chi connectivity index (χ0v) is 17.5. The predicted octanol–water partition coefficient (Wildman–Crippen LogP) is 4.13. The third kappa shape index (κ3) is 6.18. The van der Waals surface area contributed by atoms with Crippen LogP contribution in [-0.2, 0) is 20.7 Å². The van der Waals surface area contributed by atoms with Gasteiger partial charge in [-0.3, -0.25) is 4.79 Å². The molecule has 0 bridgehead atoms. The molecular formula is C22H24N2O5S. The maximum Gasteiger partial charge on any atom is 0.326 e. The highest BCUT2D eigenvalue weighted by molar-refractivity contribution is 7.22. The van der Waals surface area contributed by atoms with Gasteiger partial charge in [-0.1, -0.05) is 35.6 Å². The number of hydrogen-bond donors (Lipinski definition) is 2. The molecule has 1 heterocycles. The number of benzene rings is 2. The van der Waals surface area contributed by atoms with E-state index in [0.717, 1.165) is 15.8 Å². The largest absolute Gasteiger partial charge is 0.494 e. The molecule has 7 nitrogen and oxygen atoms in total. The highest BCUT2D eigenvalue weighted by Crippen LogP contribution is 2.26. The van der Waals surface area contributed by atoms with Crippen LogP contribution in [-0.4, -0.2) is 41.3 Å². The lowest BCUT2D eigenvalue weighted by Gasteiger charge is -2.14. The number of hydrogen-bond acceptors (Lipinski definition) is 7. The van der Waals surface area contributed by atoms with Crippen molar-refractivity contribution in [2.24, 2.45) is 0 Å². The van der Waals surface area contributed by atoms with Gasteiger partial charge in [0, 0.05) is 12.8 Å². The Morgan fingerprint density at radius 1 is 1.17 bits per heavy atom. The van der Waals surface area contributed by atoms with Gasteiger partial charge in [-0.15, -0.1) is 0 Å². The summed E-state index contributed by atoms with van der Waals surface area (Å²) in [6.45, 7) is 2.57. The van der Waals surface area contributed by atoms with Gasteiger partial charge in [0.1, 0.15) is 11.8 Å². The molecule has 0 aliphatic rings. The van der Waals surface area contributed by atoms with E-state index in [2.05, 4.69) is 10.3 Å². The average Bonchev–Trinajstić information content (AvgIpc) is 3.14. The number of carboxylic acid groups (broad SMARTS) is 1. The molecule has 0 unspecified atom stereocenters. The molecule has 0 saturated heterocycles. The van der Waals surface area contributed by atoms with E-state index >= 15 is 0 Å². The van der Waals surface area contributed by atoms with Crippen molar-refractivity contribution < 1.29 is 24.2 Å². The number of carboxylic acids is 1. The zero-order valence-electron chi connectivity index (χ0n) is 16.7. The summed E-state index contributed by atoms with van der Waals surface area (Å²) in [6.07, 6.45) is 1.21. The molecule has 158 valence electrons. The molecule has 8 heteroatoms. The maximum absolute atomic E-state index is 11.7. The minimum atomic E-state index is -0.937. The van der Waals surface area contributed by atoms with Crippen molar-refractivity contribution in [3.8, 4) is 5.75 Å². The van der Waals surface area contributed by atoms with E-state index in [1.807, 2.05) is 36.4 Å². The molecule has 0 saturated carbocycles. The van der Waals surface area contributed by atoms with Gasteiger partial charge in [0.2, 0.25) is 0 Å². The molecular weight excluding hydrogens is 404 g/mol. The van der Waals surface area contributed by atoms with Crippen LogP contribution in [0.1, 0.15) is 25.3 Å². The molecule has 0 amide bonds. The average molecular weight is 429 g/mol. The second-order valence-electron chi connectivity index (χ2n) is 6.63. The summed E-state index contributed by atoms with van der Waals surface area (Å²) in [7, 11) is 0. The van der Waals surface area contributed by atoms with Crippen LogP contribution in [0.3, 0.4) is 0 Å². The van der Waals surface area contributed by atoms with Crippen molar-refractivity contribution in [2.75, 3.05) is 18.5 Å². The van der Waals surface area contributed by atoms with E-state index < -0.39 is 12.0 Å². The standard InChI is InChI=1S/C22H24N2O5S/c1-2-28-20(25)8-5-13-29-16-11-9-15(10-12-16)14-18(21(26)27)24-22-23-17-6-3-4-7-19(17)30-22/h3-4,6-7,9-12,18H,2,5,8,13-14H2,1H3,(H,23,24)(H,26,27)/t18-/m0/s1. The van der Waals surface area contributed by atoms with Gasteiger partial charge >= 0.3 is 11.9 Å². The van der Waals surface area contributed by atoms with Gasteiger partial charge < -0.3 is 19.9 Å². The number of esters is 1. The molecule has 0 fully saturated rings. The topological polar surface area (TPSA) is 97.8 Å². The molecule has 2 aromatic carbocycles. The highest BCUT2D eigenvalue weighted by atomic mass is 32.1. The SMILES string of the molecule is CCOC(=O)CCCOc1ccc(C[C@H](Nc2nc3ccccc3s2)C(=O)O)cc1. The normalized spacial score (nSPS) is 11.8. The second kappa shape index (κ2) is 10.6. The summed E-state index contributed by atoms with van der Waals surface area (Å²) >= 11 is 1.43. The molecule has 1 aromatic heterocycles. The second-order valence-corrected chi connectivity index (χ2v) is 7.66. The number of anilines is 1. The number of para-hydroxylation sites is 1. The number of ether oxygens (including phenoxy) is 2. The van der Waals surface area contributed by atoms with Crippen LogP contribution in [0.5, 0.6) is 5.75 Å². The third-order valence-corrected chi connectivity index (χ3v) is 5.32. The highest BCUT2D eigenvalue weighted by Gasteiger charge is 2.19. The molecule has 3 rings (SSSR count). The van der Waals surface area contributed by atoms with E-state index in [4.69, 9.17) is 9.47 Å². The van der Waals surface area contributed by atoms with Crippen molar-refractivity contribution in [3.63, 3.8) is 0 Å². The van der Waals surface area contributed by atoms with Crippen LogP contribution in [0.4, 0.5) is 5.13 Å². The molecule has 2 N–H and O–H groups in total. The summed E-state index contributed by atoms with van der Waals surface area (Å²) in [4.78, 5) is 27.5. The van der Waals surface area contributed by atoms with Crippen LogP contribution in [0.25, 0.3) is 10.2 Å². The van der Waals surface area contributed by atoms with Gasteiger partial charge in [-0.25, -0.2) is 9.78 Å². The first-order valence-electron chi connectivity index (χ1n) is 9.77. The summed E-state index contributed by atoms with van der Waals surface area (Å²) in [5.74, 6) is -0.487. The number of thiazole rings is 1. The molecule has 0 spiro atoms. The number of carbonyl (C=O) groups is 2. The van der Waals surface area contributed by atoms with Crippen molar-refractivity contribution in [3.05, 3.63) is 54.1 Å². The number of nitrogens with one attached hydrogen (secondary N) is 1. The summed E-state index contributed by atoms with van der Waals surface area (Å²) < 4.78 is 11.5. The van der Waals surface area contributed by atoms with Gasteiger partial charge in [0.05, 0.1) is 23.4 Å². The number of fused-ring (bicyclic) bond motifs is 1. The predicted molar refractivity (Wildman–Crippen MR) is 116 cm³/mol. The lowest BCUT2D eigenvalue weighted by Crippen LogP contribution is -2.31. The van der Waals surface area contributed by atoms with Crippen molar-refractivity contribution in [1.82, 2.24) is 4.98 Å². The lowest BCUT2D eigenvalue weighted by molar-refractivity contribution is -0.143. The van der Waals surface area contributed by atoms with Crippen LogP contribution in [0.15, 0.2) is 48.5 Å². The lowest BCUT2D eigenvalue weighted by atomic mass is 10.1. The number of nitrogens with zero attached hydrogens (tertiary/aromatic N) is 1. The third-order valence-electron chi connectivity index (χ3n) is 4.35. The first kappa shape index (κ1) is 21.6. The molecule has 1 atom stereocenters. The van der Waals surface area contributed by atoms with Crippen LogP contribution < -0.4 is 10.1 Å². The first-order chi connectivity index (χ1) is 14.5. The molecule has 30 heavy (non-hydrogen) atoms. The van der Waals surface area contributed by atoms with E-state index in [-0.39, 0.29) is 5.97 Å². The van der Waals surface area contributed by atoms with Crippen molar-refractivity contribution in [2.45, 2.75) is 32.2 Å². The fourth-order valence-electron chi connectivity index (χ4n) is 2.88. The van der Waals surface area contributed by atoms with Crippen molar-refractivity contribution in [1.29, 1.82) is 0 Å². The Balaban J connectivity index is 1.53. The molecule has 0 radical (unpaired) electrons. The number of carbonyl (C=O) groups excluding carboxylic acids is 1. The number of aromatic nitrogens is 1. The number of aliphatic carboxylic acids is 1. The van der Waals surface area contributed by atoms with Crippen LogP contribution >= 0.6 is 11.3 Å². The van der Waals surface area contributed by atoms with Crippen LogP contribution in [0, 0.1) is 0 Å². The Labute approximate surface area is 178 Å². The minimum absolute atomic E-state index is 0.225. The van der Waals surface area contributed by atoms with Crippen LogP contribution in [0.2, 0.25) is 0 Å². The Bertz CT molecular complexity index is 954. The molecule has 0 aliphatic carbocycles. The summed E-state index contributed by atoms with van der Waals surface area (Å²) in [6, 6.07) is 14.2. The Hall–Kier alpha value is -3.13. The number of rotatable bonds is 11. The Kier molecular flexibility index (Phi) is 7.62. The van der Waals surface area contributed by atoms with Gasteiger partial charge in [0.25, 0.3) is 0 Å². The van der Waals surface area contributed by atoms with Gasteiger partial charge in [-0.05, 0) is 43.2 Å². The summed E-state index contributed by atoms with van der Waals surface area (Å²) in [5.41, 5.74) is 1.72. The van der Waals surface area contributed by atoms with E-state index in [1.54, 1.807) is 19.1 Å². The molecule has 0 aliphatic heterocycles. The van der Waals surface area contributed by atoms with Gasteiger partial charge in [0.15, 0.2) is 5.13 Å². The fourth-order valence-corrected chi connectivity index (χ4v) is 3.80.